The lowest BCUT2D eigenvalue weighted by Gasteiger charge is -2.20. The van der Waals surface area contributed by atoms with Gasteiger partial charge in [0.05, 0.1) is 16.0 Å². The molecule has 1 aromatic carbocycles. The number of non-ortho nitro benzene ring substituents is 1. The molecule has 3 rings (SSSR count). The molecule has 0 aliphatic carbocycles. The predicted molar refractivity (Wildman–Crippen MR) is 104 cm³/mol. The highest BCUT2D eigenvalue weighted by Crippen LogP contribution is 2.20. The van der Waals surface area contributed by atoms with Gasteiger partial charge in [0, 0.05) is 43.1 Å². The van der Waals surface area contributed by atoms with Gasteiger partial charge in [0.2, 0.25) is 0 Å². The van der Waals surface area contributed by atoms with Crippen LogP contribution < -0.4 is 10.9 Å². The van der Waals surface area contributed by atoms with Crippen LogP contribution in [0.1, 0.15) is 29.2 Å². The summed E-state index contributed by atoms with van der Waals surface area (Å²) in [6.45, 7) is 0.789. The van der Waals surface area contributed by atoms with Crippen LogP contribution in [0.2, 0.25) is 5.02 Å². The molecule has 1 amide bonds. The zero-order chi connectivity index (χ0) is 21.0. The zero-order valence-corrected chi connectivity index (χ0v) is 16.0. The predicted octanol–water partition coefficient (Wildman–Crippen LogP) is 2.13. The fourth-order valence-electron chi connectivity index (χ4n) is 3.10. The number of nitrogens with one attached hydrogen (secondary N) is 1. The van der Waals surface area contributed by atoms with Crippen molar-refractivity contribution in [1.29, 1.82) is 0 Å². The van der Waals surface area contributed by atoms with Crippen LogP contribution in [-0.4, -0.2) is 40.4 Å². The van der Waals surface area contributed by atoms with Crippen LogP contribution in [-0.2, 0) is 9.53 Å². The largest absolute Gasteiger partial charge is 0.376 e. The molecule has 0 radical (unpaired) electrons. The minimum absolute atomic E-state index is 0.0664. The third-order valence-electron chi connectivity index (χ3n) is 4.55. The second kappa shape index (κ2) is 8.97. The fourth-order valence-corrected chi connectivity index (χ4v) is 3.27. The average molecular weight is 420 g/mol. The Morgan fingerprint density at radius 3 is 2.83 bits per heavy atom. The van der Waals surface area contributed by atoms with Crippen LogP contribution in [0.3, 0.4) is 0 Å². The molecular weight excluding hydrogens is 402 g/mol. The lowest BCUT2D eigenvalue weighted by Crippen LogP contribution is -2.43. The monoisotopic (exact) mass is 419 g/mol. The number of amides is 1. The van der Waals surface area contributed by atoms with Gasteiger partial charge in [-0.1, -0.05) is 23.7 Å². The molecule has 2 unspecified atom stereocenters. The number of hydrogen-bond acceptors (Lipinski definition) is 6. The van der Waals surface area contributed by atoms with Crippen LogP contribution >= 0.6 is 11.6 Å². The van der Waals surface area contributed by atoms with E-state index in [4.69, 9.17) is 16.3 Å². The molecule has 29 heavy (non-hydrogen) atoms. The number of pyridine rings is 1. The second-order valence-corrected chi connectivity index (χ2v) is 6.98. The van der Waals surface area contributed by atoms with Crippen LogP contribution in [0, 0.1) is 10.1 Å². The molecule has 2 atom stereocenters. The molecule has 2 heterocycles. The Balaban J connectivity index is 1.95. The van der Waals surface area contributed by atoms with Gasteiger partial charge in [-0.25, -0.2) is 0 Å². The van der Waals surface area contributed by atoms with Gasteiger partial charge in [-0.3, -0.25) is 29.1 Å². The van der Waals surface area contributed by atoms with Crippen molar-refractivity contribution in [3.8, 4) is 0 Å². The smallest absolute Gasteiger partial charge is 0.270 e. The molecule has 9 nitrogen and oxygen atoms in total. The molecular formula is C19H18ClN3O6. The number of benzene rings is 1. The van der Waals surface area contributed by atoms with E-state index in [0.717, 1.165) is 29.5 Å². The Morgan fingerprint density at radius 1 is 1.34 bits per heavy atom. The highest BCUT2D eigenvalue weighted by Gasteiger charge is 2.31. The number of ether oxygens (including phenoxy) is 1. The van der Waals surface area contributed by atoms with Gasteiger partial charge in [-0.15, -0.1) is 0 Å². The molecule has 1 aliphatic heterocycles. The summed E-state index contributed by atoms with van der Waals surface area (Å²) >= 11 is 5.95. The van der Waals surface area contributed by atoms with Crippen molar-refractivity contribution in [3.63, 3.8) is 0 Å². The molecule has 1 saturated heterocycles. The minimum atomic E-state index is -1.57. The highest BCUT2D eigenvalue weighted by atomic mass is 35.5. The molecule has 0 saturated carbocycles. The van der Waals surface area contributed by atoms with Crippen molar-refractivity contribution in [3.05, 3.63) is 73.6 Å². The highest BCUT2D eigenvalue weighted by molar-refractivity contribution is 6.30. The molecule has 0 spiro atoms. The normalized spacial score (nSPS) is 16.9. The number of nitrogens with zero attached hydrogens (tertiary/aromatic N) is 2. The van der Waals surface area contributed by atoms with Crippen molar-refractivity contribution in [2.24, 2.45) is 0 Å². The number of aromatic nitrogens is 1. The lowest BCUT2D eigenvalue weighted by atomic mass is 10.0. The fraction of sp³-hybridized carbons (Fsp3) is 0.316. The van der Waals surface area contributed by atoms with Crippen molar-refractivity contribution in [2.45, 2.75) is 25.0 Å². The number of carbonyl (C=O) groups is 2. The van der Waals surface area contributed by atoms with Gasteiger partial charge in [-0.2, -0.15) is 0 Å². The standard InChI is InChI=1S/C19H18ClN3O6/c20-13-6-7-16(24)22(11-13)17(19(26)21-10-15-5-2-8-29-15)18(25)12-3-1-4-14(9-12)23(27)28/h1,3-4,6-7,9,11,15,17H,2,5,8,10H2,(H,21,26). The summed E-state index contributed by atoms with van der Waals surface area (Å²) < 4.78 is 6.38. The van der Waals surface area contributed by atoms with Crippen molar-refractivity contribution in [2.75, 3.05) is 13.2 Å². The maximum absolute atomic E-state index is 13.1. The number of nitro benzene ring substituents is 1. The first-order chi connectivity index (χ1) is 13.9. The van der Waals surface area contributed by atoms with E-state index in [-0.39, 0.29) is 28.9 Å². The van der Waals surface area contributed by atoms with E-state index in [1.807, 2.05) is 0 Å². The van der Waals surface area contributed by atoms with E-state index in [1.165, 1.54) is 30.5 Å². The molecule has 0 bridgehead atoms. The summed E-state index contributed by atoms with van der Waals surface area (Å²) in [4.78, 5) is 48.7. The van der Waals surface area contributed by atoms with Crippen molar-refractivity contribution < 1.29 is 19.2 Å². The number of ketones is 1. The summed E-state index contributed by atoms with van der Waals surface area (Å²) in [6.07, 6.45) is 2.68. The molecule has 1 N–H and O–H groups in total. The van der Waals surface area contributed by atoms with Crippen molar-refractivity contribution in [1.82, 2.24) is 9.88 Å². The zero-order valence-electron chi connectivity index (χ0n) is 15.2. The SMILES string of the molecule is O=C(NCC1CCCO1)C(C(=O)c1cccc([N+](=O)[O-])c1)n1cc(Cl)ccc1=O. The number of Topliss-reactive ketones (excluding diaryl/α,β-unsaturated/α-hetero) is 1. The number of halogens is 1. The van der Waals surface area contributed by atoms with Gasteiger partial charge in [0.15, 0.2) is 11.8 Å². The Bertz CT molecular complexity index is 999. The maximum atomic E-state index is 13.1. The Kier molecular flexibility index (Phi) is 6.40. The maximum Gasteiger partial charge on any atom is 0.270 e. The van der Waals surface area contributed by atoms with Gasteiger partial charge >= 0.3 is 0 Å². The molecule has 1 aliphatic rings. The molecule has 1 aromatic heterocycles. The lowest BCUT2D eigenvalue weighted by molar-refractivity contribution is -0.384. The van der Waals surface area contributed by atoms with Gasteiger partial charge in [0.25, 0.3) is 17.2 Å². The molecule has 152 valence electrons. The Morgan fingerprint density at radius 2 is 2.14 bits per heavy atom. The third kappa shape index (κ3) is 4.87. The summed E-state index contributed by atoms with van der Waals surface area (Å²) in [6, 6.07) is 5.92. The van der Waals surface area contributed by atoms with E-state index >= 15 is 0 Å². The first kappa shape index (κ1) is 20.7. The summed E-state index contributed by atoms with van der Waals surface area (Å²) in [5.41, 5.74) is -0.971. The van der Waals surface area contributed by atoms with E-state index in [0.29, 0.717) is 6.61 Å². The summed E-state index contributed by atoms with van der Waals surface area (Å²) in [5.74, 6) is -1.48. The number of rotatable bonds is 7. The Hall–Kier alpha value is -3.04. The quantitative estimate of drug-likeness (QED) is 0.317. The molecule has 10 heteroatoms. The third-order valence-corrected chi connectivity index (χ3v) is 4.77. The average Bonchev–Trinajstić information content (AvgIpc) is 3.23. The van der Waals surface area contributed by atoms with E-state index in [2.05, 4.69) is 5.32 Å². The number of carbonyl (C=O) groups excluding carboxylic acids is 2. The van der Waals surface area contributed by atoms with Crippen LogP contribution in [0.4, 0.5) is 5.69 Å². The number of nitro groups is 1. The van der Waals surface area contributed by atoms with E-state index in [9.17, 15) is 24.5 Å². The Labute approximate surface area is 170 Å². The topological polar surface area (TPSA) is 121 Å². The van der Waals surface area contributed by atoms with E-state index < -0.39 is 28.2 Å². The first-order valence-corrected chi connectivity index (χ1v) is 9.30. The minimum Gasteiger partial charge on any atom is -0.376 e. The van der Waals surface area contributed by atoms with Gasteiger partial charge < -0.3 is 10.1 Å². The van der Waals surface area contributed by atoms with Crippen LogP contribution in [0.15, 0.2) is 47.4 Å². The van der Waals surface area contributed by atoms with Gasteiger partial charge in [-0.05, 0) is 18.9 Å². The summed E-state index contributed by atoms with van der Waals surface area (Å²) in [5, 5.41) is 13.8. The van der Waals surface area contributed by atoms with Crippen LogP contribution in [0.25, 0.3) is 0 Å². The molecule has 2 aromatic rings. The first-order valence-electron chi connectivity index (χ1n) is 8.92. The van der Waals surface area contributed by atoms with Gasteiger partial charge in [0.1, 0.15) is 0 Å². The summed E-state index contributed by atoms with van der Waals surface area (Å²) in [7, 11) is 0. The molecule has 1 fully saturated rings. The second-order valence-electron chi connectivity index (χ2n) is 6.55. The van der Waals surface area contributed by atoms with Crippen molar-refractivity contribution >= 4 is 29.0 Å². The number of hydrogen-bond donors (Lipinski definition) is 1. The van der Waals surface area contributed by atoms with E-state index in [1.54, 1.807) is 0 Å². The van der Waals surface area contributed by atoms with Crippen LogP contribution in [0.5, 0.6) is 0 Å².